The van der Waals surface area contributed by atoms with Gasteiger partial charge in [-0.1, -0.05) is 11.6 Å². The third-order valence-electron chi connectivity index (χ3n) is 5.98. The van der Waals surface area contributed by atoms with Gasteiger partial charge in [-0.3, -0.25) is 4.79 Å². The number of carbonyl (C=O) groups excluding carboxylic acids is 1. The average molecular weight is 532 g/mol. The summed E-state index contributed by atoms with van der Waals surface area (Å²) in [6.07, 6.45) is 5.57. The van der Waals surface area contributed by atoms with Crippen LogP contribution in [0.1, 0.15) is 12.8 Å². The van der Waals surface area contributed by atoms with Crippen molar-refractivity contribution in [2.24, 2.45) is 0 Å². The van der Waals surface area contributed by atoms with E-state index in [0.717, 1.165) is 43.9 Å². The van der Waals surface area contributed by atoms with Crippen LogP contribution in [0.25, 0.3) is 10.9 Å². The number of hydrogen-bond acceptors (Lipinski definition) is 8. The van der Waals surface area contributed by atoms with Crippen LogP contribution >= 0.6 is 11.6 Å². The van der Waals surface area contributed by atoms with Gasteiger partial charge in [0.05, 0.1) is 18.3 Å². The largest absolute Gasteiger partial charge is 0.493 e. The van der Waals surface area contributed by atoms with Crippen LogP contribution in [-0.2, 0) is 4.79 Å². The number of nitrogens with zero attached hydrogens (tertiary/aromatic N) is 4. The summed E-state index contributed by atoms with van der Waals surface area (Å²) in [6, 6.07) is 5.80. The molecule has 0 unspecified atom stereocenters. The number of likely N-dealkylation sites (tertiary alicyclic amines) is 1. The molecule has 3 aromatic rings. The molecule has 8 nitrogen and oxygen atoms in total. The Bertz CT molecular complexity index is 1310. The maximum absolute atomic E-state index is 14.5. The van der Waals surface area contributed by atoms with E-state index in [4.69, 9.17) is 21.1 Å². The second kappa shape index (κ2) is 11.7. The molecule has 1 aromatic heterocycles. The molecular formula is C26H28ClF2N5O3. The minimum absolute atomic E-state index is 0.0194. The second-order valence-electron chi connectivity index (χ2n) is 9.00. The number of fused-ring (bicyclic) bond motifs is 1. The highest BCUT2D eigenvalue weighted by molar-refractivity contribution is 6.31. The Kier molecular flexibility index (Phi) is 8.40. The quantitative estimate of drug-likeness (QED) is 0.240. The molecule has 2 aromatic carbocycles. The third kappa shape index (κ3) is 6.26. The highest BCUT2D eigenvalue weighted by atomic mass is 35.5. The Hall–Kier alpha value is -3.50. The number of methoxy groups -OCH3 is 1. The van der Waals surface area contributed by atoms with Gasteiger partial charge in [-0.25, -0.2) is 18.7 Å². The van der Waals surface area contributed by atoms with Gasteiger partial charge in [0.1, 0.15) is 35.4 Å². The van der Waals surface area contributed by atoms with E-state index in [1.807, 2.05) is 25.2 Å². The normalized spacial score (nSPS) is 14.8. The average Bonchev–Trinajstić information content (AvgIpc) is 2.89. The number of carbonyl (C=O) groups is 1. The van der Waals surface area contributed by atoms with Crippen LogP contribution in [0, 0.1) is 11.6 Å². The van der Waals surface area contributed by atoms with Gasteiger partial charge in [0.25, 0.3) is 0 Å². The lowest BCUT2D eigenvalue weighted by atomic mass is 10.1. The number of rotatable bonds is 9. The maximum atomic E-state index is 14.5. The van der Waals surface area contributed by atoms with E-state index in [1.165, 1.54) is 12.4 Å². The monoisotopic (exact) mass is 531 g/mol. The van der Waals surface area contributed by atoms with E-state index in [0.29, 0.717) is 34.8 Å². The third-order valence-corrected chi connectivity index (χ3v) is 6.32. The molecule has 0 atom stereocenters. The molecule has 0 aliphatic carbocycles. The van der Waals surface area contributed by atoms with Crippen LogP contribution in [0.4, 0.5) is 20.3 Å². The van der Waals surface area contributed by atoms with Crippen LogP contribution in [-0.4, -0.2) is 73.0 Å². The fraction of sp³-hybridized carbons (Fsp3) is 0.346. The van der Waals surface area contributed by atoms with Crippen molar-refractivity contribution < 1.29 is 23.0 Å². The summed E-state index contributed by atoms with van der Waals surface area (Å²) in [4.78, 5) is 24.0. The minimum atomic E-state index is -0.914. The zero-order valence-electron chi connectivity index (χ0n) is 20.8. The van der Waals surface area contributed by atoms with Gasteiger partial charge < -0.3 is 24.6 Å². The molecule has 11 heteroatoms. The second-order valence-corrected chi connectivity index (χ2v) is 9.38. The van der Waals surface area contributed by atoms with Gasteiger partial charge in [0.2, 0.25) is 0 Å². The van der Waals surface area contributed by atoms with E-state index < -0.39 is 16.7 Å². The molecule has 2 heterocycles. The Balaban J connectivity index is 1.54. The molecule has 0 radical (unpaired) electrons. The molecule has 0 amide bonds. The molecular weight excluding hydrogens is 504 g/mol. The molecule has 4 rings (SSSR count). The highest BCUT2D eigenvalue weighted by Gasteiger charge is 2.22. The summed E-state index contributed by atoms with van der Waals surface area (Å²) in [7, 11) is 5.39. The zero-order valence-corrected chi connectivity index (χ0v) is 21.6. The Labute approximate surface area is 218 Å². The van der Waals surface area contributed by atoms with E-state index in [2.05, 4.69) is 20.2 Å². The molecule has 1 fully saturated rings. The molecule has 1 aliphatic rings. The lowest BCUT2D eigenvalue weighted by Gasteiger charge is -2.32. The number of anilines is 2. The number of nitrogens with one attached hydrogen (secondary N) is 1. The molecule has 0 spiro atoms. The van der Waals surface area contributed by atoms with Crippen molar-refractivity contribution in [3.05, 3.63) is 59.0 Å². The fourth-order valence-corrected chi connectivity index (χ4v) is 4.34. The fourth-order valence-electron chi connectivity index (χ4n) is 4.18. The number of piperidine rings is 1. The van der Waals surface area contributed by atoms with Crippen molar-refractivity contribution in [1.82, 2.24) is 19.8 Å². The Morgan fingerprint density at radius 3 is 2.65 bits per heavy atom. The van der Waals surface area contributed by atoms with Gasteiger partial charge in [0, 0.05) is 55.7 Å². The first-order valence-electron chi connectivity index (χ1n) is 11.7. The smallest absolute Gasteiger partial charge is 0.168 e. The summed E-state index contributed by atoms with van der Waals surface area (Å²) in [6.45, 7) is 2.07. The SMILES string of the molecule is COc1cc2ncnc(Nc3ccc(F)c(Cl)c3F)c2cc1OC1CCN(C=C(C=O)CN(C)C)CC1. The number of halogens is 3. The Morgan fingerprint density at radius 2 is 1.97 bits per heavy atom. The standard InChI is InChI=1S/C26H28ClF2N5O3/c1-33(2)12-16(14-35)13-34-8-6-17(7-9-34)37-23-10-18-21(11-22(23)36-3)30-15-31-26(18)32-20-5-4-19(28)24(27)25(20)29/h4-5,10-11,13-15,17H,6-9,12H2,1-3H3,(H,30,31,32). The first-order valence-corrected chi connectivity index (χ1v) is 12.1. The molecule has 0 saturated carbocycles. The van der Waals surface area contributed by atoms with E-state index in [-0.39, 0.29) is 11.8 Å². The van der Waals surface area contributed by atoms with Crippen molar-refractivity contribution in [3.8, 4) is 11.5 Å². The van der Waals surface area contributed by atoms with Crippen LogP contribution in [0.3, 0.4) is 0 Å². The lowest BCUT2D eigenvalue weighted by molar-refractivity contribution is -0.105. The molecule has 1 N–H and O–H groups in total. The number of benzene rings is 2. The predicted octanol–water partition coefficient (Wildman–Crippen LogP) is 4.80. The number of hydrogen-bond donors (Lipinski definition) is 1. The topological polar surface area (TPSA) is 79.8 Å². The minimum Gasteiger partial charge on any atom is -0.493 e. The van der Waals surface area contributed by atoms with Gasteiger partial charge in [-0.05, 0) is 32.3 Å². The van der Waals surface area contributed by atoms with Crippen molar-refractivity contribution in [2.75, 3.05) is 46.2 Å². The van der Waals surface area contributed by atoms with Crippen LogP contribution in [0.2, 0.25) is 5.02 Å². The van der Waals surface area contributed by atoms with Crippen molar-refractivity contribution in [1.29, 1.82) is 0 Å². The maximum Gasteiger partial charge on any atom is 0.168 e. The van der Waals surface area contributed by atoms with Crippen LogP contribution in [0.5, 0.6) is 11.5 Å². The number of ether oxygens (including phenoxy) is 2. The van der Waals surface area contributed by atoms with Crippen LogP contribution < -0.4 is 14.8 Å². The van der Waals surface area contributed by atoms with Crippen molar-refractivity contribution in [2.45, 2.75) is 18.9 Å². The molecule has 196 valence electrons. The summed E-state index contributed by atoms with van der Waals surface area (Å²) >= 11 is 5.72. The first kappa shape index (κ1) is 26.6. The summed E-state index contributed by atoms with van der Waals surface area (Å²) in [5.74, 6) is -0.450. The van der Waals surface area contributed by atoms with Crippen molar-refractivity contribution >= 4 is 40.3 Å². The predicted molar refractivity (Wildman–Crippen MR) is 139 cm³/mol. The molecule has 1 aliphatic heterocycles. The number of aromatic nitrogens is 2. The lowest BCUT2D eigenvalue weighted by Crippen LogP contribution is -2.36. The van der Waals surface area contributed by atoms with E-state index in [9.17, 15) is 13.6 Å². The van der Waals surface area contributed by atoms with Gasteiger partial charge >= 0.3 is 0 Å². The summed E-state index contributed by atoms with van der Waals surface area (Å²) in [5, 5.41) is 2.84. The number of likely N-dealkylation sites (N-methyl/N-ethyl adjacent to an activating group) is 1. The van der Waals surface area contributed by atoms with E-state index in [1.54, 1.807) is 19.2 Å². The molecule has 37 heavy (non-hydrogen) atoms. The summed E-state index contributed by atoms with van der Waals surface area (Å²) < 4.78 is 39.9. The highest BCUT2D eigenvalue weighted by Crippen LogP contribution is 2.37. The van der Waals surface area contributed by atoms with Gasteiger partial charge in [-0.15, -0.1) is 0 Å². The van der Waals surface area contributed by atoms with Gasteiger partial charge in [0.15, 0.2) is 17.3 Å². The summed E-state index contributed by atoms with van der Waals surface area (Å²) in [5.41, 5.74) is 1.26. The molecule has 1 saturated heterocycles. The Morgan fingerprint density at radius 1 is 1.22 bits per heavy atom. The van der Waals surface area contributed by atoms with Crippen molar-refractivity contribution in [3.63, 3.8) is 0 Å². The molecule has 0 bridgehead atoms. The zero-order chi connectivity index (χ0) is 26.5. The van der Waals surface area contributed by atoms with Gasteiger partial charge in [-0.2, -0.15) is 0 Å². The number of aldehydes is 1. The first-order chi connectivity index (χ1) is 17.8. The van der Waals surface area contributed by atoms with E-state index >= 15 is 0 Å². The van der Waals surface area contributed by atoms with Crippen LogP contribution in [0.15, 0.2) is 42.4 Å².